The first kappa shape index (κ1) is 22.9. The maximum Gasteiger partial charge on any atom is 0.336 e. The number of carbonyl (C=O) groups excluding carboxylic acids is 2. The van der Waals surface area contributed by atoms with Crippen LogP contribution in [0.2, 0.25) is 0 Å². The molecular weight excluding hydrogens is 410 g/mol. The van der Waals surface area contributed by atoms with Crippen molar-refractivity contribution in [3.63, 3.8) is 0 Å². The van der Waals surface area contributed by atoms with E-state index in [0.717, 1.165) is 5.56 Å². The molecule has 0 fully saturated rings. The van der Waals surface area contributed by atoms with E-state index in [-0.39, 0.29) is 0 Å². The molecule has 2 aromatic carbocycles. The number of nitrogens with one attached hydrogen (secondary N) is 1. The van der Waals surface area contributed by atoms with Crippen LogP contribution in [0.5, 0.6) is 11.5 Å². The van der Waals surface area contributed by atoms with E-state index in [1.807, 2.05) is 30.3 Å². The van der Waals surface area contributed by atoms with E-state index in [9.17, 15) is 9.59 Å². The molecule has 0 spiro atoms. The van der Waals surface area contributed by atoms with Crippen molar-refractivity contribution < 1.29 is 28.5 Å². The van der Waals surface area contributed by atoms with Crippen LogP contribution >= 0.6 is 0 Å². The highest BCUT2D eigenvalue weighted by Gasteiger charge is 2.43. The van der Waals surface area contributed by atoms with Crippen molar-refractivity contribution in [3.05, 3.63) is 83.2 Å². The van der Waals surface area contributed by atoms with Gasteiger partial charge in [-0.05, 0) is 30.2 Å². The Morgan fingerprint density at radius 2 is 1.72 bits per heavy atom. The minimum Gasteiger partial charge on any atom is -0.493 e. The van der Waals surface area contributed by atoms with E-state index < -0.39 is 23.8 Å². The molecule has 0 amide bonds. The normalized spacial score (nSPS) is 17.9. The van der Waals surface area contributed by atoms with Crippen LogP contribution in [0.4, 0.5) is 0 Å². The molecule has 1 aliphatic heterocycles. The molecule has 0 bridgehead atoms. The van der Waals surface area contributed by atoms with Gasteiger partial charge in [-0.1, -0.05) is 43.0 Å². The van der Waals surface area contributed by atoms with Crippen molar-refractivity contribution in [3.8, 4) is 11.5 Å². The molecule has 2 aromatic rings. The predicted molar refractivity (Wildman–Crippen MR) is 119 cm³/mol. The SMILES string of the molecule is C=C1NC(C)=C(C(=O)OC)C(c2ccc(OCc3ccccc3)c(OC)c2)C1C(=O)OC. The van der Waals surface area contributed by atoms with Gasteiger partial charge in [-0.15, -0.1) is 0 Å². The lowest BCUT2D eigenvalue weighted by Gasteiger charge is -2.34. The highest BCUT2D eigenvalue weighted by atomic mass is 16.5. The summed E-state index contributed by atoms with van der Waals surface area (Å²) in [6, 6.07) is 15.1. The lowest BCUT2D eigenvalue weighted by molar-refractivity contribution is -0.145. The second-order valence-corrected chi connectivity index (χ2v) is 7.34. The molecule has 0 saturated carbocycles. The summed E-state index contributed by atoms with van der Waals surface area (Å²) in [5.74, 6) is -1.51. The molecule has 7 heteroatoms. The lowest BCUT2D eigenvalue weighted by Crippen LogP contribution is -2.39. The van der Waals surface area contributed by atoms with E-state index >= 15 is 0 Å². The molecule has 0 saturated heterocycles. The highest BCUT2D eigenvalue weighted by Crippen LogP contribution is 2.43. The van der Waals surface area contributed by atoms with Gasteiger partial charge in [0.15, 0.2) is 11.5 Å². The van der Waals surface area contributed by atoms with Crippen LogP contribution in [0.3, 0.4) is 0 Å². The number of hydrogen-bond donors (Lipinski definition) is 1. The standard InChI is InChI=1S/C25H27NO6/c1-15-21(24(27)30-4)23(22(16(2)26-15)25(28)31-5)18-11-12-19(20(13-18)29-3)32-14-17-9-7-6-8-10-17/h6-13,21,23,26H,1,14H2,2-5H3. The zero-order valence-electron chi connectivity index (χ0n) is 18.6. The summed E-state index contributed by atoms with van der Waals surface area (Å²) in [6.45, 7) is 6.09. The fourth-order valence-corrected chi connectivity index (χ4v) is 3.87. The van der Waals surface area contributed by atoms with Crippen molar-refractivity contribution in [1.82, 2.24) is 5.32 Å². The summed E-state index contributed by atoms with van der Waals surface area (Å²) in [4.78, 5) is 25.3. The van der Waals surface area contributed by atoms with Crippen LogP contribution in [-0.4, -0.2) is 33.3 Å². The number of benzene rings is 2. The zero-order valence-corrected chi connectivity index (χ0v) is 18.6. The summed E-state index contributed by atoms with van der Waals surface area (Å²) in [6.07, 6.45) is 0. The van der Waals surface area contributed by atoms with Gasteiger partial charge in [-0.25, -0.2) is 4.79 Å². The van der Waals surface area contributed by atoms with Gasteiger partial charge in [0.1, 0.15) is 12.5 Å². The Balaban J connectivity index is 2.02. The Hall–Kier alpha value is -3.74. The Bertz CT molecular complexity index is 1040. The molecular formula is C25H27NO6. The monoisotopic (exact) mass is 437 g/mol. The topological polar surface area (TPSA) is 83.1 Å². The van der Waals surface area contributed by atoms with Crippen molar-refractivity contribution >= 4 is 11.9 Å². The van der Waals surface area contributed by atoms with Gasteiger partial charge in [0.25, 0.3) is 0 Å². The summed E-state index contributed by atoms with van der Waals surface area (Å²) in [5.41, 5.74) is 3.03. The molecule has 32 heavy (non-hydrogen) atoms. The van der Waals surface area contributed by atoms with Crippen LogP contribution in [0.15, 0.2) is 72.1 Å². The third-order valence-corrected chi connectivity index (χ3v) is 5.42. The van der Waals surface area contributed by atoms with Crippen LogP contribution in [0.25, 0.3) is 0 Å². The highest BCUT2D eigenvalue weighted by molar-refractivity contribution is 5.94. The molecule has 0 radical (unpaired) electrons. The minimum atomic E-state index is -0.821. The molecule has 2 unspecified atom stereocenters. The van der Waals surface area contributed by atoms with Crippen molar-refractivity contribution in [2.45, 2.75) is 19.4 Å². The summed E-state index contributed by atoms with van der Waals surface area (Å²) in [7, 11) is 4.14. The van der Waals surface area contributed by atoms with Crippen LogP contribution in [-0.2, 0) is 25.7 Å². The third kappa shape index (κ3) is 4.61. The Morgan fingerprint density at radius 1 is 1.00 bits per heavy atom. The van der Waals surface area contributed by atoms with Crippen LogP contribution < -0.4 is 14.8 Å². The van der Waals surface area contributed by atoms with E-state index in [0.29, 0.717) is 40.6 Å². The minimum absolute atomic E-state index is 0.329. The van der Waals surface area contributed by atoms with Gasteiger partial charge >= 0.3 is 11.9 Å². The Morgan fingerprint density at radius 3 is 2.34 bits per heavy atom. The smallest absolute Gasteiger partial charge is 0.336 e. The number of ether oxygens (including phenoxy) is 4. The fraction of sp³-hybridized carbons (Fsp3) is 0.280. The zero-order chi connectivity index (χ0) is 23.3. The molecule has 168 valence electrons. The molecule has 2 atom stereocenters. The number of methoxy groups -OCH3 is 3. The quantitative estimate of drug-likeness (QED) is 0.661. The molecule has 7 nitrogen and oxygen atoms in total. The maximum absolute atomic E-state index is 12.7. The molecule has 1 aliphatic rings. The lowest BCUT2D eigenvalue weighted by atomic mass is 9.75. The van der Waals surface area contributed by atoms with Crippen LogP contribution in [0.1, 0.15) is 24.0 Å². The number of hydrogen-bond acceptors (Lipinski definition) is 7. The fourth-order valence-electron chi connectivity index (χ4n) is 3.87. The molecule has 3 rings (SSSR count). The van der Waals surface area contributed by atoms with E-state index in [1.54, 1.807) is 25.1 Å². The van der Waals surface area contributed by atoms with Crippen molar-refractivity contribution in [2.75, 3.05) is 21.3 Å². The van der Waals surface area contributed by atoms with Crippen molar-refractivity contribution in [2.24, 2.45) is 5.92 Å². The third-order valence-electron chi connectivity index (χ3n) is 5.42. The second-order valence-electron chi connectivity index (χ2n) is 7.34. The molecule has 1 N–H and O–H groups in total. The van der Waals surface area contributed by atoms with E-state index in [1.165, 1.54) is 21.3 Å². The molecule has 0 aromatic heterocycles. The van der Waals surface area contributed by atoms with E-state index in [2.05, 4.69) is 11.9 Å². The van der Waals surface area contributed by atoms with Gasteiger partial charge in [0.2, 0.25) is 0 Å². The molecule has 1 heterocycles. The Kier molecular flexibility index (Phi) is 7.20. The average molecular weight is 437 g/mol. The summed E-state index contributed by atoms with van der Waals surface area (Å²) < 4.78 is 21.5. The first-order valence-electron chi connectivity index (χ1n) is 10.1. The van der Waals surface area contributed by atoms with Gasteiger partial charge in [-0.3, -0.25) is 4.79 Å². The van der Waals surface area contributed by atoms with Gasteiger partial charge < -0.3 is 24.3 Å². The average Bonchev–Trinajstić information content (AvgIpc) is 2.81. The number of carbonyl (C=O) groups is 2. The largest absolute Gasteiger partial charge is 0.493 e. The van der Waals surface area contributed by atoms with E-state index in [4.69, 9.17) is 18.9 Å². The number of rotatable bonds is 7. The van der Waals surface area contributed by atoms with Crippen LogP contribution in [0, 0.1) is 5.92 Å². The van der Waals surface area contributed by atoms with Gasteiger partial charge in [0.05, 0.1) is 26.9 Å². The van der Waals surface area contributed by atoms with Gasteiger partial charge in [-0.2, -0.15) is 0 Å². The first-order valence-corrected chi connectivity index (χ1v) is 10.1. The second kappa shape index (κ2) is 10.0. The predicted octanol–water partition coefficient (Wildman–Crippen LogP) is 3.71. The maximum atomic E-state index is 12.7. The first-order chi connectivity index (χ1) is 15.4. The number of esters is 2. The number of allylic oxidation sites excluding steroid dienone is 1. The molecule has 0 aliphatic carbocycles. The summed E-state index contributed by atoms with van der Waals surface area (Å²) >= 11 is 0. The van der Waals surface area contributed by atoms with Crippen molar-refractivity contribution in [1.29, 1.82) is 0 Å². The Labute approximate surface area is 187 Å². The summed E-state index contributed by atoms with van der Waals surface area (Å²) in [5, 5.41) is 3.02. The van der Waals surface area contributed by atoms with Gasteiger partial charge in [0, 0.05) is 17.3 Å².